The van der Waals surface area contributed by atoms with Crippen molar-refractivity contribution in [1.82, 2.24) is 0 Å². The van der Waals surface area contributed by atoms with Crippen LogP contribution in [0.5, 0.6) is 11.5 Å². The minimum Gasteiger partial charge on any atom is -0.508 e. The number of hydrogen-bond donors (Lipinski definition) is 4. The number of ketones is 2. The fraction of sp³-hybridized carbons (Fsp3) is 0.125. The molecule has 0 saturated heterocycles. The number of carbonyl (C=O) groups is 2. The topological polar surface area (TPSA) is 183 Å². The van der Waals surface area contributed by atoms with Gasteiger partial charge in [0.25, 0.3) is 20.2 Å². The van der Waals surface area contributed by atoms with Gasteiger partial charge in [0.15, 0.2) is 11.6 Å². The summed E-state index contributed by atoms with van der Waals surface area (Å²) in [4.78, 5) is 25.4. The van der Waals surface area contributed by atoms with E-state index in [0.29, 0.717) is 0 Å². The molecule has 0 fully saturated rings. The van der Waals surface area contributed by atoms with Gasteiger partial charge in [0, 0.05) is 33.4 Å². The smallest absolute Gasteiger partial charge is 0.269 e. The fourth-order valence-corrected chi connectivity index (χ4v) is 4.18. The third kappa shape index (κ3) is 3.75. The summed E-state index contributed by atoms with van der Waals surface area (Å²) in [5, 5.41) is 19.9. The first-order valence-corrected chi connectivity index (χ1v) is 10.7. The van der Waals surface area contributed by atoms with Crippen LogP contribution in [-0.2, 0) is 31.7 Å². The Labute approximate surface area is 158 Å². The maximum absolute atomic E-state index is 12.7. The SMILES string of the molecule is O=C1c2cc(O)c(CS(=O)(=O)O)cc2C(=O)c2cc(O)c(CS(=O)(=O)O)cc21. The summed E-state index contributed by atoms with van der Waals surface area (Å²) >= 11 is 0. The van der Waals surface area contributed by atoms with Crippen LogP contribution in [0.25, 0.3) is 0 Å². The van der Waals surface area contributed by atoms with Crippen molar-refractivity contribution in [2.24, 2.45) is 0 Å². The van der Waals surface area contributed by atoms with Crippen molar-refractivity contribution in [3.05, 3.63) is 57.6 Å². The molecule has 1 aliphatic rings. The normalized spacial score (nSPS) is 13.9. The second-order valence-corrected chi connectivity index (χ2v) is 9.07. The van der Waals surface area contributed by atoms with E-state index in [1.54, 1.807) is 0 Å². The summed E-state index contributed by atoms with van der Waals surface area (Å²) in [6.45, 7) is 0. The van der Waals surface area contributed by atoms with E-state index >= 15 is 0 Å². The number of fused-ring (bicyclic) bond motifs is 2. The quantitative estimate of drug-likeness (QED) is 0.430. The van der Waals surface area contributed by atoms with Gasteiger partial charge in [-0.05, 0) is 24.3 Å². The summed E-state index contributed by atoms with van der Waals surface area (Å²) in [6.07, 6.45) is 0. The van der Waals surface area contributed by atoms with Crippen molar-refractivity contribution in [3.63, 3.8) is 0 Å². The Balaban J connectivity index is 2.18. The molecule has 0 aromatic heterocycles. The van der Waals surface area contributed by atoms with Crippen molar-refractivity contribution in [3.8, 4) is 11.5 Å². The van der Waals surface area contributed by atoms with Gasteiger partial charge in [-0.2, -0.15) is 16.8 Å². The van der Waals surface area contributed by atoms with Gasteiger partial charge in [-0.15, -0.1) is 0 Å². The molecule has 0 heterocycles. The summed E-state index contributed by atoms with van der Waals surface area (Å²) in [7, 11) is -9.05. The summed E-state index contributed by atoms with van der Waals surface area (Å²) in [5.74, 6) is -4.82. The molecule has 2 aromatic carbocycles. The van der Waals surface area contributed by atoms with Crippen LogP contribution in [0.3, 0.4) is 0 Å². The maximum Gasteiger partial charge on any atom is 0.269 e. The van der Waals surface area contributed by atoms with Crippen LogP contribution in [0, 0.1) is 0 Å². The standard InChI is InChI=1S/C16H12O10S2/c17-13-3-11-9(1-7(13)5-27(21,22)23)15(19)12-4-14(18)8(6-28(24,25)26)2-10(12)16(11)20/h1-4,17-18H,5-6H2,(H,21,22,23)(H,24,25,26). The van der Waals surface area contributed by atoms with E-state index in [1.165, 1.54) is 0 Å². The minimum atomic E-state index is -4.52. The van der Waals surface area contributed by atoms with Gasteiger partial charge >= 0.3 is 0 Å². The monoisotopic (exact) mass is 428 g/mol. The van der Waals surface area contributed by atoms with Gasteiger partial charge in [0.1, 0.15) is 23.0 Å². The molecule has 0 saturated carbocycles. The summed E-state index contributed by atoms with van der Waals surface area (Å²) in [6, 6.07) is 3.64. The first-order valence-electron chi connectivity index (χ1n) is 7.48. The molecule has 12 heteroatoms. The molecule has 0 bridgehead atoms. The summed E-state index contributed by atoms with van der Waals surface area (Å²) < 4.78 is 62.1. The van der Waals surface area contributed by atoms with Crippen molar-refractivity contribution in [1.29, 1.82) is 0 Å². The molecule has 1 aliphatic carbocycles. The van der Waals surface area contributed by atoms with Gasteiger partial charge in [-0.25, -0.2) is 0 Å². The molecule has 0 atom stereocenters. The largest absolute Gasteiger partial charge is 0.508 e. The Morgan fingerprint density at radius 1 is 0.607 bits per heavy atom. The molecule has 28 heavy (non-hydrogen) atoms. The van der Waals surface area contributed by atoms with Gasteiger partial charge in [0.05, 0.1) is 0 Å². The predicted octanol–water partition coefficient (Wildman–Crippen LogP) is 0.649. The predicted molar refractivity (Wildman–Crippen MR) is 93.6 cm³/mol. The second kappa shape index (κ2) is 6.38. The molecule has 0 unspecified atom stereocenters. The zero-order valence-electron chi connectivity index (χ0n) is 13.8. The Bertz CT molecular complexity index is 1160. The molecular formula is C16H12O10S2. The number of hydrogen-bond acceptors (Lipinski definition) is 8. The lowest BCUT2D eigenvalue weighted by Crippen LogP contribution is -2.22. The van der Waals surface area contributed by atoms with Crippen LogP contribution in [-0.4, -0.2) is 47.7 Å². The van der Waals surface area contributed by atoms with Crippen LogP contribution in [0.2, 0.25) is 0 Å². The van der Waals surface area contributed by atoms with Gasteiger partial charge in [-0.3, -0.25) is 18.7 Å². The molecule has 10 nitrogen and oxygen atoms in total. The highest BCUT2D eigenvalue weighted by molar-refractivity contribution is 7.85. The van der Waals surface area contributed by atoms with E-state index in [0.717, 1.165) is 24.3 Å². The zero-order chi connectivity index (χ0) is 21.0. The van der Waals surface area contributed by atoms with Crippen LogP contribution >= 0.6 is 0 Å². The highest BCUT2D eigenvalue weighted by Gasteiger charge is 2.33. The first-order chi connectivity index (χ1) is 12.8. The Kier molecular flexibility index (Phi) is 4.54. The van der Waals surface area contributed by atoms with Crippen molar-refractivity contribution in [2.45, 2.75) is 11.5 Å². The number of rotatable bonds is 4. The third-order valence-electron chi connectivity index (χ3n) is 4.09. The average molecular weight is 428 g/mol. The van der Waals surface area contributed by atoms with Crippen LogP contribution < -0.4 is 0 Å². The number of aromatic hydroxyl groups is 2. The third-order valence-corrected chi connectivity index (χ3v) is 5.44. The molecule has 148 valence electrons. The highest BCUT2D eigenvalue weighted by Crippen LogP contribution is 2.35. The molecule has 4 N–H and O–H groups in total. The second-order valence-electron chi connectivity index (χ2n) is 6.16. The number of carbonyl (C=O) groups excluding carboxylic acids is 2. The fourth-order valence-electron chi connectivity index (χ4n) is 2.93. The number of phenolic OH excluding ortho intramolecular Hbond substituents is 2. The van der Waals surface area contributed by atoms with E-state index in [9.17, 15) is 36.6 Å². The Morgan fingerprint density at radius 2 is 0.893 bits per heavy atom. The number of benzene rings is 2. The lowest BCUT2D eigenvalue weighted by Gasteiger charge is -2.20. The van der Waals surface area contributed by atoms with E-state index in [-0.39, 0.29) is 33.4 Å². The highest BCUT2D eigenvalue weighted by atomic mass is 32.2. The maximum atomic E-state index is 12.7. The van der Waals surface area contributed by atoms with E-state index in [4.69, 9.17) is 9.11 Å². The van der Waals surface area contributed by atoms with Gasteiger partial charge in [-0.1, -0.05) is 0 Å². The van der Waals surface area contributed by atoms with Crippen LogP contribution in [0.1, 0.15) is 43.0 Å². The van der Waals surface area contributed by atoms with E-state index in [1.807, 2.05) is 0 Å². The molecule has 0 radical (unpaired) electrons. The van der Waals surface area contributed by atoms with E-state index in [2.05, 4.69) is 0 Å². The molecule has 2 aromatic rings. The van der Waals surface area contributed by atoms with E-state index < -0.39 is 54.8 Å². The van der Waals surface area contributed by atoms with Crippen molar-refractivity contribution >= 4 is 31.8 Å². The number of phenols is 2. The molecule has 3 rings (SSSR count). The first kappa shape index (κ1) is 19.9. The van der Waals surface area contributed by atoms with Crippen molar-refractivity contribution < 1.29 is 45.7 Å². The molecular weight excluding hydrogens is 416 g/mol. The van der Waals surface area contributed by atoms with Crippen molar-refractivity contribution in [2.75, 3.05) is 0 Å². The Hall–Kier alpha value is -2.80. The summed E-state index contributed by atoms with van der Waals surface area (Å²) in [5.41, 5.74) is -1.65. The molecule has 0 spiro atoms. The molecule has 0 aliphatic heterocycles. The average Bonchev–Trinajstić information content (AvgIpc) is 2.53. The molecule has 0 amide bonds. The van der Waals surface area contributed by atoms with Crippen LogP contribution in [0.15, 0.2) is 24.3 Å². The lowest BCUT2D eigenvalue weighted by molar-refractivity contribution is 0.0978. The van der Waals surface area contributed by atoms with Gasteiger partial charge < -0.3 is 10.2 Å². The minimum absolute atomic E-state index is 0.254. The zero-order valence-corrected chi connectivity index (χ0v) is 15.4. The van der Waals surface area contributed by atoms with Crippen LogP contribution in [0.4, 0.5) is 0 Å². The Morgan fingerprint density at radius 3 is 1.18 bits per heavy atom. The van der Waals surface area contributed by atoms with Gasteiger partial charge in [0.2, 0.25) is 0 Å². The lowest BCUT2D eigenvalue weighted by atomic mass is 9.82.